The highest BCUT2D eigenvalue weighted by atomic mass is 35.5. The minimum Gasteiger partial charge on any atom is -0.353 e. The van der Waals surface area contributed by atoms with Crippen molar-refractivity contribution >= 4 is 17.4 Å². The lowest BCUT2D eigenvalue weighted by atomic mass is 10.1. The Morgan fingerprint density at radius 3 is 2.21 bits per heavy atom. The normalized spacial score (nSPS) is 11.4. The van der Waals surface area contributed by atoms with Gasteiger partial charge in [-0.25, -0.2) is 0 Å². The third kappa shape index (κ3) is 4.62. The Morgan fingerprint density at radius 2 is 1.68 bits per heavy atom. The standard InChI is InChI=1S/C14H25ClN4/c1-10(2)9-19(8-7-18(5)6)14-12(4)11(3)13(15)16-17-14/h10H,7-9H2,1-6H3. The van der Waals surface area contributed by atoms with Gasteiger partial charge in [0, 0.05) is 19.6 Å². The maximum atomic E-state index is 6.02. The number of likely N-dealkylation sites (N-methyl/N-ethyl adjacent to an activating group) is 1. The van der Waals surface area contributed by atoms with Crippen LogP contribution in [-0.2, 0) is 0 Å². The van der Waals surface area contributed by atoms with Gasteiger partial charge in [-0.15, -0.1) is 10.2 Å². The molecule has 0 saturated heterocycles. The lowest BCUT2D eigenvalue weighted by Gasteiger charge is -2.28. The zero-order chi connectivity index (χ0) is 14.6. The average molecular weight is 285 g/mol. The topological polar surface area (TPSA) is 32.3 Å². The lowest BCUT2D eigenvalue weighted by Crippen LogP contribution is -2.35. The molecule has 0 bridgehead atoms. The van der Waals surface area contributed by atoms with E-state index < -0.39 is 0 Å². The first-order valence-electron chi connectivity index (χ1n) is 6.72. The number of rotatable bonds is 6. The fourth-order valence-corrected chi connectivity index (χ4v) is 2.09. The minimum absolute atomic E-state index is 0.498. The van der Waals surface area contributed by atoms with Crippen LogP contribution in [0.1, 0.15) is 25.0 Å². The monoisotopic (exact) mass is 284 g/mol. The maximum absolute atomic E-state index is 6.02. The molecule has 0 spiro atoms. The Labute approximate surface area is 121 Å². The molecule has 0 radical (unpaired) electrons. The quantitative estimate of drug-likeness (QED) is 0.804. The van der Waals surface area contributed by atoms with Crippen LogP contribution in [0.3, 0.4) is 0 Å². The van der Waals surface area contributed by atoms with Crippen LogP contribution in [0.15, 0.2) is 0 Å². The van der Waals surface area contributed by atoms with Gasteiger partial charge in [0.15, 0.2) is 11.0 Å². The number of anilines is 1. The molecule has 0 atom stereocenters. The minimum atomic E-state index is 0.498. The molecule has 0 amide bonds. The van der Waals surface area contributed by atoms with E-state index >= 15 is 0 Å². The molecule has 1 aromatic rings. The Balaban J connectivity index is 2.99. The first-order chi connectivity index (χ1) is 8.82. The summed E-state index contributed by atoms with van der Waals surface area (Å²) in [7, 11) is 4.17. The fraction of sp³-hybridized carbons (Fsp3) is 0.714. The zero-order valence-electron chi connectivity index (χ0n) is 12.9. The number of halogens is 1. The van der Waals surface area contributed by atoms with Crippen LogP contribution in [0.2, 0.25) is 5.15 Å². The van der Waals surface area contributed by atoms with Gasteiger partial charge in [0.25, 0.3) is 0 Å². The van der Waals surface area contributed by atoms with Gasteiger partial charge in [-0.1, -0.05) is 25.4 Å². The summed E-state index contributed by atoms with van der Waals surface area (Å²) >= 11 is 6.02. The van der Waals surface area contributed by atoms with Gasteiger partial charge in [-0.2, -0.15) is 0 Å². The second-order valence-corrected chi connectivity index (χ2v) is 6.07. The smallest absolute Gasteiger partial charge is 0.155 e. The molecule has 0 aliphatic rings. The summed E-state index contributed by atoms with van der Waals surface area (Å²) in [5, 5.41) is 8.85. The van der Waals surface area contributed by atoms with Crippen molar-refractivity contribution in [3.8, 4) is 0 Å². The predicted molar refractivity (Wildman–Crippen MR) is 82.1 cm³/mol. The molecular weight excluding hydrogens is 260 g/mol. The molecule has 1 aromatic heterocycles. The number of hydrogen-bond donors (Lipinski definition) is 0. The molecular formula is C14H25ClN4. The Kier molecular flexibility index (Phi) is 6.01. The second-order valence-electron chi connectivity index (χ2n) is 5.71. The molecule has 0 unspecified atom stereocenters. The first-order valence-corrected chi connectivity index (χ1v) is 7.09. The Bertz CT molecular complexity index is 418. The fourth-order valence-electron chi connectivity index (χ4n) is 1.91. The highest BCUT2D eigenvalue weighted by molar-refractivity contribution is 6.30. The molecule has 19 heavy (non-hydrogen) atoms. The van der Waals surface area contributed by atoms with Gasteiger partial charge in [0.1, 0.15) is 0 Å². The summed E-state index contributed by atoms with van der Waals surface area (Å²) in [6, 6.07) is 0. The van der Waals surface area contributed by atoms with Crippen LogP contribution >= 0.6 is 11.6 Å². The largest absolute Gasteiger partial charge is 0.353 e. The van der Waals surface area contributed by atoms with E-state index in [4.69, 9.17) is 11.6 Å². The van der Waals surface area contributed by atoms with Crippen molar-refractivity contribution in [3.05, 3.63) is 16.3 Å². The van der Waals surface area contributed by atoms with Gasteiger partial charge in [0.2, 0.25) is 0 Å². The maximum Gasteiger partial charge on any atom is 0.155 e. The zero-order valence-corrected chi connectivity index (χ0v) is 13.6. The molecule has 0 N–H and O–H groups in total. The molecule has 4 nitrogen and oxygen atoms in total. The van der Waals surface area contributed by atoms with Crippen molar-refractivity contribution in [2.24, 2.45) is 5.92 Å². The second kappa shape index (κ2) is 7.06. The van der Waals surface area contributed by atoms with E-state index in [0.717, 1.165) is 36.6 Å². The van der Waals surface area contributed by atoms with Crippen LogP contribution in [0.5, 0.6) is 0 Å². The van der Waals surface area contributed by atoms with E-state index in [9.17, 15) is 0 Å². The van der Waals surface area contributed by atoms with Crippen LogP contribution in [0.25, 0.3) is 0 Å². The third-order valence-corrected chi connectivity index (χ3v) is 3.50. The van der Waals surface area contributed by atoms with Gasteiger partial charge in [-0.3, -0.25) is 0 Å². The van der Waals surface area contributed by atoms with Crippen molar-refractivity contribution in [3.63, 3.8) is 0 Å². The summed E-state index contributed by atoms with van der Waals surface area (Å²) in [6.07, 6.45) is 0. The van der Waals surface area contributed by atoms with Gasteiger partial charge in [-0.05, 0) is 45.0 Å². The molecule has 0 aromatic carbocycles. The van der Waals surface area contributed by atoms with Gasteiger partial charge >= 0.3 is 0 Å². The van der Waals surface area contributed by atoms with Crippen molar-refractivity contribution in [1.82, 2.24) is 15.1 Å². The van der Waals surface area contributed by atoms with E-state index in [0.29, 0.717) is 11.1 Å². The van der Waals surface area contributed by atoms with Crippen LogP contribution < -0.4 is 4.90 Å². The summed E-state index contributed by atoms with van der Waals surface area (Å²) in [4.78, 5) is 4.48. The number of hydrogen-bond acceptors (Lipinski definition) is 4. The van der Waals surface area contributed by atoms with Gasteiger partial charge in [0.05, 0.1) is 0 Å². The molecule has 0 aliphatic carbocycles. The van der Waals surface area contributed by atoms with Crippen LogP contribution in [0.4, 0.5) is 5.82 Å². The molecule has 1 heterocycles. The number of nitrogens with zero attached hydrogens (tertiary/aromatic N) is 4. The van der Waals surface area contributed by atoms with E-state index in [-0.39, 0.29) is 0 Å². The van der Waals surface area contributed by atoms with Crippen LogP contribution in [-0.4, -0.2) is 48.8 Å². The van der Waals surface area contributed by atoms with E-state index in [1.165, 1.54) is 0 Å². The molecule has 1 rings (SSSR count). The summed E-state index contributed by atoms with van der Waals surface area (Å²) < 4.78 is 0. The highest BCUT2D eigenvalue weighted by Gasteiger charge is 2.16. The summed E-state index contributed by atoms with van der Waals surface area (Å²) in [5.74, 6) is 1.54. The van der Waals surface area contributed by atoms with E-state index in [2.05, 4.69) is 54.9 Å². The first kappa shape index (κ1) is 16.2. The molecule has 0 aliphatic heterocycles. The molecule has 0 fully saturated rings. The average Bonchev–Trinajstić information content (AvgIpc) is 2.31. The predicted octanol–water partition coefficient (Wildman–Crippen LogP) is 2.77. The lowest BCUT2D eigenvalue weighted by molar-refractivity contribution is 0.408. The van der Waals surface area contributed by atoms with Crippen LogP contribution in [0, 0.1) is 19.8 Å². The van der Waals surface area contributed by atoms with Gasteiger partial charge < -0.3 is 9.80 Å². The Hall–Kier alpha value is -0.870. The molecule has 108 valence electrons. The SMILES string of the molecule is Cc1c(Cl)nnc(N(CCN(C)C)CC(C)C)c1C. The van der Waals surface area contributed by atoms with Crippen molar-refractivity contribution in [2.45, 2.75) is 27.7 Å². The van der Waals surface area contributed by atoms with Crippen molar-refractivity contribution < 1.29 is 0 Å². The van der Waals surface area contributed by atoms with Crippen molar-refractivity contribution in [2.75, 3.05) is 38.6 Å². The third-order valence-electron chi connectivity index (χ3n) is 3.14. The van der Waals surface area contributed by atoms with E-state index in [1.54, 1.807) is 0 Å². The van der Waals surface area contributed by atoms with Crippen molar-refractivity contribution in [1.29, 1.82) is 0 Å². The highest BCUT2D eigenvalue weighted by Crippen LogP contribution is 2.24. The summed E-state index contributed by atoms with van der Waals surface area (Å²) in [5.41, 5.74) is 2.14. The molecule has 0 saturated carbocycles. The Morgan fingerprint density at radius 1 is 1.05 bits per heavy atom. The molecule has 5 heteroatoms. The number of aromatic nitrogens is 2. The summed E-state index contributed by atoms with van der Waals surface area (Å²) in [6.45, 7) is 11.4. The van der Waals surface area contributed by atoms with E-state index in [1.807, 2.05) is 6.92 Å².